The van der Waals surface area contributed by atoms with E-state index in [0.717, 1.165) is 4.31 Å². The molecule has 8 nitrogen and oxygen atoms in total. The Hall–Kier alpha value is -2.65. The van der Waals surface area contributed by atoms with Crippen molar-refractivity contribution in [1.82, 2.24) is 4.31 Å². The third kappa shape index (κ3) is 5.41. The summed E-state index contributed by atoms with van der Waals surface area (Å²) < 4.78 is 40.3. The lowest BCUT2D eigenvalue weighted by Gasteiger charge is -2.08. The van der Waals surface area contributed by atoms with Crippen LogP contribution in [0.5, 0.6) is 5.75 Å². The summed E-state index contributed by atoms with van der Waals surface area (Å²) in [4.78, 5) is 23.3. The van der Waals surface area contributed by atoms with Gasteiger partial charge in [-0.1, -0.05) is 6.92 Å². The maximum absolute atomic E-state index is 11.9. The van der Waals surface area contributed by atoms with Crippen molar-refractivity contribution in [3.63, 3.8) is 0 Å². The van der Waals surface area contributed by atoms with Gasteiger partial charge in [0.1, 0.15) is 18.1 Å². The fraction of sp³-hybridized carbons (Fsp3) is 0.333. The number of nitrogens with zero attached hydrogens (tertiary/aromatic N) is 1. The lowest BCUT2D eigenvalue weighted by atomic mass is 10.1. The number of rotatable bonds is 9. The zero-order valence-corrected chi connectivity index (χ0v) is 16.1. The Labute approximate surface area is 157 Å². The van der Waals surface area contributed by atoms with Gasteiger partial charge in [0.15, 0.2) is 12.4 Å². The number of hydrogen-bond donors (Lipinski definition) is 0. The number of ketones is 1. The van der Waals surface area contributed by atoms with E-state index in [1.165, 1.54) is 26.2 Å². The maximum atomic E-state index is 11.9. The van der Waals surface area contributed by atoms with Crippen LogP contribution in [0.25, 0.3) is 0 Å². The van der Waals surface area contributed by atoms with Gasteiger partial charge in [0, 0.05) is 26.1 Å². The number of carbonyl (C=O) groups excluding carboxylic acids is 2. The van der Waals surface area contributed by atoms with Crippen LogP contribution in [0.2, 0.25) is 0 Å². The molecule has 0 aliphatic carbocycles. The number of Topliss-reactive ketones (excluding diaryl/α,β-unsaturated/α-hetero) is 1. The van der Waals surface area contributed by atoms with Gasteiger partial charge < -0.3 is 13.9 Å². The molecule has 1 heterocycles. The predicted octanol–water partition coefficient (Wildman–Crippen LogP) is 2.24. The highest BCUT2D eigenvalue weighted by atomic mass is 32.2. The molecular weight excluding hydrogens is 374 g/mol. The van der Waals surface area contributed by atoms with Crippen molar-refractivity contribution in [3.8, 4) is 5.75 Å². The van der Waals surface area contributed by atoms with Crippen molar-refractivity contribution in [2.75, 3.05) is 20.7 Å². The van der Waals surface area contributed by atoms with Crippen LogP contribution in [0.15, 0.2) is 45.9 Å². The molecule has 0 aliphatic rings. The van der Waals surface area contributed by atoms with E-state index in [4.69, 9.17) is 13.9 Å². The number of benzene rings is 1. The summed E-state index contributed by atoms with van der Waals surface area (Å²) in [6.07, 6.45) is 0.414. The molecule has 0 N–H and O–H groups in total. The predicted molar refractivity (Wildman–Crippen MR) is 95.9 cm³/mol. The Morgan fingerprint density at radius 1 is 1.07 bits per heavy atom. The van der Waals surface area contributed by atoms with Crippen molar-refractivity contribution in [1.29, 1.82) is 0 Å². The number of hydrogen-bond acceptors (Lipinski definition) is 7. The minimum atomic E-state index is -3.68. The summed E-state index contributed by atoms with van der Waals surface area (Å²) in [6, 6.07) is 9.18. The van der Waals surface area contributed by atoms with Gasteiger partial charge in [-0.15, -0.1) is 0 Å². The molecular formula is C18H21NO7S. The average molecular weight is 395 g/mol. The van der Waals surface area contributed by atoms with E-state index in [-0.39, 0.29) is 29.8 Å². The standard InChI is InChI=1S/C18H21NO7S/c1-4-16(20)13-5-7-14(8-6-13)24-12-17(21)25-11-15-9-10-18(26-15)27(22,23)19(2)3/h5-10H,4,11-12H2,1-3H3. The summed E-state index contributed by atoms with van der Waals surface area (Å²) in [5.41, 5.74) is 0.578. The van der Waals surface area contributed by atoms with Gasteiger partial charge in [0.05, 0.1) is 0 Å². The Balaban J connectivity index is 1.83. The molecule has 0 saturated heterocycles. The second-order valence-corrected chi connectivity index (χ2v) is 7.84. The van der Waals surface area contributed by atoms with Gasteiger partial charge in [0.25, 0.3) is 10.0 Å². The molecule has 0 bridgehead atoms. The number of carbonyl (C=O) groups is 2. The van der Waals surface area contributed by atoms with Crippen LogP contribution >= 0.6 is 0 Å². The lowest BCUT2D eigenvalue weighted by molar-refractivity contribution is -0.147. The molecule has 2 aromatic rings. The van der Waals surface area contributed by atoms with Crippen molar-refractivity contribution in [3.05, 3.63) is 47.7 Å². The fourth-order valence-electron chi connectivity index (χ4n) is 2.03. The SMILES string of the molecule is CCC(=O)c1ccc(OCC(=O)OCc2ccc(S(=O)(=O)N(C)C)o2)cc1. The lowest BCUT2D eigenvalue weighted by Crippen LogP contribution is -2.21. The molecule has 0 radical (unpaired) electrons. The molecule has 27 heavy (non-hydrogen) atoms. The number of sulfonamides is 1. The number of ether oxygens (including phenoxy) is 2. The Bertz CT molecular complexity index is 898. The van der Waals surface area contributed by atoms with E-state index < -0.39 is 16.0 Å². The smallest absolute Gasteiger partial charge is 0.344 e. The zero-order chi connectivity index (χ0) is 20.0. The van der Waals surface area contributed by atoms with E-state index in [1.54, 1.807) is 31.2 Å². The second-order valence-electron chi connectivity index (χ2n) is 5.76. The van der Waals surface area contributed by atoms with Crippen LogP contribution in [0.4, 0.5) is 0 Å². The van der Waals surface area contributed by atoms with Gasteiger partial charge in [0.2, 0.25) is 5.09 Å². The molecule has 2 rings (SSSR count). The van der Waals surface area contributed by atoms with Crippen molar-refractivity contribution in [2.45, 2.75) is 25.0 Å². The first-order chi connectivity index (χ1) is 12.7. The molecule has 0 amide bonds. The van der Waals surface area contributed by atoms with Crippen molar-refractivity contribution < 1.29 is 31.9 Å². The molecule has 0 unspecified atom stereocenters. The van der Waals surface area contributed by atoms with Gasteiger partial charge in [-0.05, 0) is 36.4 Å². The quantitative estimate of drug-likeness (QED) is 0.474. The number of esters is 1. The first kappa shape index (κ1) is 20.7. The van der Waals surface area contributed by atoms with Crippen LogP contribution in [0.1, 0.15) is 29.5 Å². The number of furan rings is 1. The third-order valence-electron chi connectivity index (χ3n) is 3.60. The van der Waals surface area contributed by atoms with Crippen LogP contribution in [-0.2, 0) is 26.2 Å². The highest BCUT2D eigenvalue weighted by Gasteiger charge is 2.21. The fourth-order valence-corrected chi connectivity index (χ4v) is 2.84. The molecule has 9 heteroatoms. The van der Waals surface area contributed by atoms with Gasteiger partial charge in [-0.25, -0.2) is 17.5 Å². The second kappa shape index (κ2) is 8.83. The molecule has 1 aromatic carbocycles. The molecule has 146 valence electrons. The van der Waals surface area contributed by atoms with Gasteiger partial charge >= 0.3 is 5.97 Å². The molecule has 0 fully saturated rings. The Kier molecular flexibility index (Phi) is 6.75. The summed E-state index contributed by atoms with van der Waals surface area (Å²) >= 11 is 0. The maximum Gasteiger partial charge on any atom is 0.344 e. The van der Waals surface area contributed by atoms with Gasteiger partial charge in [-0.2, -0.15) is 0 Å². The van der Waals surface area contributed by atoms with Crippen LogP contribution < -0.4 is 4.74 Å². The normalized spacial score (nSPS) is 11.4. The van der Waals surface area contributed by atoms with E-state index >= 15 is 0 Å². The minimum Gasteiger partial charge on any atom is -0.482 e. The molecule has 1 aromatic heterocycles. The van der Waals surface area contributed by atoms with E-state index in [0.29, 0.717) is 17.7 Å². The first-order valence-corrected chi connectivity index (χ1v) is 9.61. The van der Waals surface area contributed by atoms with E-state index in [9.17, 15) is 18.0 Å². The monoisotopic (exact) mass is 395 g/mol. The van der Waals surface area contributed by atoms with Crippen LogP contribution in [0, 0.1) is 0 Å². The summed E-state index contributed by atoms with van der Waals surface area (Å²) in [6.45, 7) is 1.24. The largest absolute Gasteiger partial charge is 0.482 e. The van der Waals surface area contributed by atoms with Crippen LogP contribution in [0.3, 0.4) is 0 Å². The molecule has 0 saturated carbocycles. The Morgan fingerprint density at radius 3 is 2.33 bits per heavy atom. The van der Waals surface area contributed by atoms with E-state index in [1.807, 2.05) is 0 Å². The topological polar surface area (TPSA) is 103 Å². The van der Waals surface area contributed by atoms with Gasteiger partial charge in [-0.3, -0.25) is 4.79 Å². The van der Waals surface area contributed by atoms with E-state index in [2.05, 4.69) is 0 Å². The molecule has 0 atom stereocenters. The van der Waals surface area contributed by atoms with Crippen molar-refractivity contribution in [2.24, 2.45) is 0 Å². The summed E-state index contributed by atoms with van der Waals surface area (Å²) in [5, 5.41) is -0.225. The summed E-state index contributed by atoms with van der Waals surface area (Å²) in [5.74, 6) is 0.00959. The van der Waals surface area contributed by atoms with Crippen molar-refractivity contribution >= 4 is 21.8 Å². The highest BCUT2D eigenvalue weighted by Crippen LogP contribution is 2.18. The minimum absolute atomic E-state index is 0.0232. The third-order valence-corrected chi connectivity index (χ3v) is 5.29. The highest BCUT2D eigenvalue weighted by molar-refractivity contribution is 7.88. The molecule has 0 aliphatic heterocycles. The average Bonchev–Trinajstić information content (AvgIpc) is 3.14. The Morgan fingerprint density at radius 2 is 1.74 bits per heavy atom. The summed E-state index contributed by atoms with van der Waals surface area (Å²) in [7, 11) is -0.898. The first-order valence-electron chi connectivity index (χ1n) is 8.17. The van der Waals surface area contributed by atoms with Crippen LogP contribution in [-0.4, -0.2) is 45.2 Å². The zero-order valence-electron chi connectivity index (χ0n) is 15.3. The molecule has 0 spiro atoms.